The second kappa shape index (κ2) is 6.72. The molecule has 1 unspecified atom stereocenters. The number of halogens is 2. The Labute approximate surface area is 126 Å². The molecule has 1 atom stereocenters. The van der Waals surface area contributed by atoms with Gasteiger partial charge >= 0.3 is 0 Å². The Bertz CT molecular complexity index is 574. The first-order valence-corrected chi connectivity index (χ1v) is 8.91. The van der Waals surface area contributed by atoms with E-state index in [1.54, 1.807) is 0 Å². The zero-order chi connectivity index (χ0) is 14.6. The summed E-state index contributed by atoms with van der Waals surface area (Å²) in [5.74, 6) is -0.324. The average Bonchev–Trinajstić information content (AvgIpc) is 2.27. The maximum absolute atomic E-state index is 12.1. The van der Waals surface area contributed by atoms with Crippen LogP contribution in [0.3, 0.4) is 0 Å². The van der Waals surface area contributed by atoms with Crippen LogP contribution in [0.25, 0.3) is 0 Å². The van der Waals surface area contributed by atoms with Crippen LogP contribution < -0.4 is 5.32 Å². The topological polar surface area (TPSA) is 63.2 Å². The molecule has 1 aromatic rings. The third-order valence-corrected chi connectivity index (χ3v) is 4.61. The molecule has 0 aromatic heterocycles. The molecule has 0 saturated carbocycles. The zero-order valence-electron chi connectivity index (χ0n) is 10.6. The molecule has 7 heteroatoms. The summed E-state index contributed by atoms with van der Waals surface area (Å²) < 4.78 is 23.0. The molecule has 0 aliphatic carbocycles. The molecular formula is C12H15BrClNO3S. The maximum Gasteiger partial charge on any atom is 0.261 e. The summed E-state index contributed by atoms with van der Waals surface area (Å²) in [6.07, 6.45) is 1.82. The van der Waals surface area contributed by atoms with Crippen molar-refractivity contribution in [1.29, 1.82) is 0 Å². The summed E-state index contributed by atoms with van der Waals surface area (Å²) in [4.78, 5) is 12.0. The van der Waals surface area contributed by atoms with Crippen LogP contribution >= 0.6 is 26.6 Å². The molecule has 19 heavy (non-hydrogen) atoms. The number of amides is 1. The number of carbonyl (C=O) groups is 1. The number of nitrogens with one attached hydrogen (secondary N) is 1. The Kier molecular flexibility index (Phi) is 5.82. The highest BCUT2D eigenvalue weighted by Gasteiger charge is 2.17. The van der Waals surface area contributed by atoms with E-state index in [9.17, 15) is 13.2 Å². The second-order valence-electron chi connectivity index (χ2n) is 4.24. The largest absolute Gasteiger partial charge is 0.350 e. The molecule has 0 heterocycles. The van der Waals surface area contributed by atoms with Gasteiger partial charge in [-0.15, -0.1) is 0 Å². The highest BCUT2D eigenvalue weighted by Crippen LogP contribution is 2.23. The molecule has 1 amide bonds. The first-order valence-electron chi connectivity index (χ1n) is 5.80. The van der Waals surface area contributed by atoms with E-state index >= 15 is 0 Å². The lowest BCUT2D eigenvalue weighted by molar-refractivity contribution is 0.0937. The average molecular weight is 369 g/mol. The summed E-state index contributed by atoms with van der Waals surface area (Å²) in [6, 6.07) is 4.13. The highest BCUT2D eigenvalue weighted by atomic mass is 79.9. The molecule has 106 valence electrons. The van der Waals surface area contributed by atoms with Crippen molar-refractivity contribution in [2.75, 3.05) is 0 Å². The van der Waals surface area contributed by atoms with Gasteiger partial charge in [-0.05, 0) is 47.5 Å². The van der Waals surface area contributed by atoms with Gasteiger partial charge in [-0.3, -0.25) is 4.79 Å². The summed E-state index contributed by atoms with van der Waals surface area (Å²) >= 11 is 3.23. The van der Waals surface area contributed by atoms with Gasteiger partial charge in [-0.1, -0.05) is 13.3 Å². The Hall–Kier alpha value is -0.590. The summed E-state index contributed by atoms with van der Waals surface area (Å²) in [6.45, 7) is 3.93. The summed E-state index contributed by atoms with van der Waals surface area (Å²) in [5.41, 5.74) is 0.254. The van der Waals surface area contributed by atoms with E-state index in [0.717, 1.165) is 12.8 Å². The van der Waals surface area contributed by atoms with Gasteiger partial charge in [0.15, 0.2) is 0 Å². The van der Waals surface area contributed by atoms with Gasteiger partial charge in [0.25, 0.3) is 15.0 Å². The smallest absolute Gasteiger partial charge is 0.261 e. The van der Waals surface area contributed by atoms with Crippen LogP contribution in [0.5, 0.6) is 0 Å². The molecule has 1 N–H and O–H groups in total. The lowest BCUT2D eigenvalue weighted by Gasteiger charge is -2.13. The van der Waals surface area contributed by atoms with E-state index in [2.05, 4.69) is 21.2 Å². The highest BCUT2D eigenvalue weighted by molar-refractivity contribution is 9.10. The molecular weight excluding hydrogens is 354 g/mol. The van der Waals surface area contributed by atoms with Crippen LogP contribution in [0.4, 0.5) is 0 Å². The Balaban J connectivity index is 3.03. The van der Waals surface area contributed by atoms with E-state index in [4.69, 9.17) is 10.7 Å². The molecule has 1 rings (SSSR count). The molecule has 0 aliphatic heterocycles. The van der Waals surface area contributed by atoms with Crippen LogP contribution in [-0.4, -0.2) is 20.4 Å². The minimum absolute atomic E-state index is 0.0284. The van der Waals surface area contributed by atoms with Crippen molar-refractivity contribution >= 4 is 41.6 Å². The number of carbonyl (C=O) groups excluding carboxylic acids is 1. The van der Waals surface area contributed by atoms with Crippen molar-refractivity contribution in [3.63, 3.8) is 0 Å². The van der Waals surface area contributed by atoms with Gasteiger partial charge in [0.05, 0.1) is 10.5 Å². The number of hydrogen-bond donors (Lipinski definition) is 1. The quantitative estimate of drug-likeness (QED) is 0.811. The van der Waals surface area contributed by atoms with Crippen LogP contribution in [-0.2, 0) is 9.05 Å². The summed E-state index contributed by atoms with van der Waals surface area (Å²) in [5, 5.41) is 2.81. The molecule has 0 fully saturated rings. The van der Waals surface area contributed by atoms with Crippen molar-refractivity contribution in [2.24, 2.45) is 0 Å². The SMILES string of the molecule is CCCC(C)NC(=O)c1cc(S(=O)(=O)Cl)ccc1Br. The standard InChI is InChI=1S/C12H15BrClNO3S/c1-3-4-8(2)15-12(16)10-7-9(19(14,17)18)5-6-11(10)13/h5-8H,3-4H2,1-2H3,(H,15,16). The fourth-order valence-corrected chi connectivity index (χ4v) is 2.84. The van der Waals surface area contributed by atoms with Crippen molar-refractivity contribution in [1.82, 2.24) is 5.32 Å². The predicted molar refractivity (Wildman–Crippen MR) is 79.0 cm³/mol. The van der Waals surface area contributed by atoms with E-state index in [1.165, 1.54) is 18.2 Å². The van der Waals surface area contributed by atoms with E-state index < -0.39 is 9.05 Å². The van der Waals surface area contributed by atoms with Crippen LogP contribution in [0, 0.1) is 0 Å². The molecule has 0 bridgehead atoms. The van der Waals surface area contributed by atoms with E-state index in [1.807, 2.05) is 13.8 Å². The fraction of sp³-hybridized carbons (Fsp3) is 0.417. The molecule has 0 radical (unpaired) electrons. The number of benzene rings is 1. The summed E-state index contributed by atoms with van der Waals surface area (Å²) in [7, 11) is 1.43. The fourth-order valence-electron chi connectivity index (χ4n) is 1.64. The van der Waals surface area contributed by atoms with Gasteiger partial charge in [0.1, 0.15) is 0 Å². The molecule has 0 aliphatic rings. The lowest BCUT2D eigenvalue weighted by atomic mass is 10.1. The molecule has 0 spiro atoms. The third-order valence-electron chi connectivity index (χ3n) is 2.56. The maximum atomic E-state index is 12.1. The third kappa shape index (κ3) is 4.78. The van der Waals surface area contributed by atoms with Gasteiger partial charge < -0.3 is 5.32 Å². The van der Waals surface area contributed by atoms with Gasteiger partial charge in [0.2, 0.25) is 0 Å². The Morgan fingerprint density at radius 3 is 2.63 bits per heavy atom. The van der Waals surface area contributed by atoms with E-state index in [0.29, 0.717) is 4.47 Å². The number of rotatable bonds is 5. The first kappa shape index (κ1) is 16.5. The Morgan fingerprint density at radius 2 is 2.11 bits per heavy atom. The first-order chi connectivity index (χ1) is 8.75. The molecule has 0 saturated heterocycles. The minimum Gasteiger partial charge on any atom is -0.350 e. The van der Waals surface area contributed by atoms with Gasteiger partial charge in [0, 0.05) is 21.2 Å². The molecule has 1 aromatic carbocycles. The van der Waals surface area contributed by atoms with Crippen molar-refractivity contribution < 1.29 is 13.2 Å². The normalized spacial score (nSPS) is 13.1. The second-order valence-corrected chi connectivity index (χ2v) is 7.66. The zero-order valence-corrected chi connectivity index (χ0v) is 13.8. The molecule has 4 nitrogen and oxygen atoms in total. The Morgan fingerprint density at radius 1 is 1.47 bits per heavy atom. The monoisotopic (exact) mass is 367 g/mol. The van der Waals surface area contributed by atoms with Gasteiger partial charge in [-0.2, -0.15) is 0 Å². The van der Waals surface area contributed by atoms with Crippen LogP contribution in [0.15, 0.2) is 27.6 Å². The predicted octanol–water partition coefficient (Wildman–Crippen LogP) is 3.30. The van der Waals surface area contributed by atoms with E-state index in [-0.39, 0.29) is 22.4 Å². The lowest BCUT2D eigenvalue weighted by Crippen LogP contribution is -2.32. The number of hydrogen-bond acceptors (Lipinski definition) is 3. The van der Waals surface area contributed by atoms with Crippen LogP contribution in [0.2, 0.25) is 0 Å². The van der Waals surface area contributed by atoms with Crippen molar-refractivity contribution in [3.8, 4) is 0 Å². The van der Waals surface area contributed by atoms with Crippen LogP contribution in [0.1, 0.15) is 37.0 Å². The van der Waals surface area contributed by atoms with Gasteiger partial charge in [-0.25, -0.2) is 8.42 Å². The minimum atomic E-state index is -3.84. The van der Waals surface area contributed by atoms with Crippen molar-refractivity contribution in [2.45, 2.75) is 37.6 Å². The van der Waals surface area contributed by atoms with Crippen molar-refractivity contribution in [3.05, 3.63) is 28.2 Å².